The lowest BCUT2D eigenvalue weighted by Gasteiger charge is -2.10. The third-order valence-electron chi connectivity index (χ3n) is 2.78. The maximum absolute atomic E-state index is 13.1. The fraction of sp³-hybridized carbons (Fsp3) is 0.0667. The summed E-state index contributed by atoms with van der Waals surface area (Å²) < 4.78 is 54.9. The van der Waals surface area contributed by atoms with Crippen LogP contribution in [0, 0.1) is 6.92 Å². The Morgan fingerprint density at radius 3 is 2.05 bits per heavy atom. The van der Waals surface area contributed by atoms with Gasteiger partial charge in [-0.2, -0.15) is 17.2 Å². The van der Waals surface area contributed by atoms with Gasteiger partial charge in [-0.15, -0.1) is 0 Å². The Labute approximate surface area is 131 Å². The maximum Gasteiger partial charge on any atom is 0.339 e. The summed E-state index contributed by atoms with van der Waals surface area (Å²) in [6.07, 6.45) is -2.24. The van der Waals surface area contributed by atoms with Gasteiger partial charge >= 0.3 is 16.2 Å². The number of aryl methyl sites for hydroxylation is 1. The zero-order valence-corrected chi connectivity index (χ0v) is 13.0. The van der Waals surface area contributed by atoms with Gasteiger partial charge in [-0.3, -0.25) is 0 Å². The molecule has 0 aromatic heterocycles. The van der Waals surface area contributed by atoms with Gasteiger partial charge in [0.05, 0.1) is 0 Å². The molecule has 7 heteroatoms. The third kappa shape index (κ3) is 3.84. The highest BCUT2D eigenvalue weighted by Crippen LogP contribution is 2.28. The molecule has 0 radical (unpaired) electrons. The summed E-state index contributed by atoms with van der Waals surface area (Å²) in [4.78, 5) is -0.203. The van der Waals surface area contributed by atoms with Crippen LogP contribution in [0.25, 0.3) is 5.76 Å². The molecule has 0 aliphatic heterocycles. The predicted molar refractivity (Wildman–Crippen MR) is 80.0 cm³/mol. The highest BCUT2D eigenvalue weighted by Gasteiger charge is 2.22. The maximum atomic E-state index is 13.1. The highest BCUT2D eigenvalue weighted by molar-refractivity contribution is 7.87. The van der Waals surface area contributed by atoms with Gasteiger partial charge in [-0.1, -0.05) is 29.3 Å². The second-order valence-electron chi connectivity index (χ2n) is 4.45. The van der Waals surface area contributed by atoms with Crippen molar-refractivity contribution in [3.63, 3.8) is 0 Å². The molecule has 0 bridgehead atoms. The van der Waals surface area contributed by atoms with Gasteiger partial charge in [0.15, 0.2) is 0 Å². The Morgan fingerprint density at radius 2 is 1.55 bits per heavy atom. The molecule has 0 N–H and O–H groups in total. The van der Waals surface area contributed by atoms with E-state index < -0.39 is 22.0 Å². The van der Waals surface area contributed by atoms with Crippen molar-refractivity contribution in [2.24, 2.45) is 0 Å². The van der Waals surface area contributed by atoms with E-state index in [2.05, 4.69) is 4.18 Å². The first-order valence-corrected chi connectivity index (χ1v) is 7.90. The van der Waals surface area contributed by atoms with Crippen molar-refractivity contribution in [2.45, 2.75) is 11.8 Å². The zero-order valence-electron chi connectivity index (χ0n) is 11.4. The van der Waals surface area contributed by atoms with E-state index in [9.17, 15) is 17.2 Å². The average molecular weight is 345 g/mol. The van der Waals surface area contributed by atoms with Crippen molar-refractivity contribution >= 4 is 27.5 Å². The third-order valence-corrected chi connectivity index (χ3v) is 4.27. The summed E-state index contributed by atoms with van der Waals surface area (Å²) in [5.41, 5.74) is 0.754. The molecule has 116 valence electrons. The molecule has 0 atom stereocenters. The smallest absolute Gasteiger partial charge is 0.339 e. The van der Waals surface area contributed by atoms with Crippen LogP contribution in [0.15, 0.2) is 59.5 Å². The van der Waals surface area contributed by atoms with Crippen molar-refractivity contribution < 1.29 is 21.4 Å². The zero-order chi connectivity index (χ0) is 16.3. The Morgan fingerprint density at radius 1 is 1.00 bits per heavy atom. The topological polar surface area (TPSA) is 43.4 Å². The first-order chi connectivity index (χ1) is 10.3. The molecule has 0 spiro atoms. The molecule has 3 nitrogen and oxygen atoms in total. The molecular formula is C15H11ClF2O3S. The van der Waals surface area contributed by atoms with E-state index in [0.29, 0.717) is 5.02 Å². The van der Waals surface area contributed by atoms with Crippen LogP contribution in [0.4, 0.5) is 8.78 Å². The predicted octanol–water partition coefficient (Wildman–Crippen LogP) is 4.62. The van der Waals surface area contributed by atoms with Crippen LogP contribution >= 0.6 is 11.6 Å². The number of rotatable bonds is 4. The molecule has 2 rings (SSSR count). The van der Waals surface area contributed by atoms with Gasteiger partial charge in [0.1, 0.15) is 4.90 Å². The van der Waals surface area contributed by atoms with Crippen LogP contribution in [0.3, 0.4) is 0 Å². The molecule has 0 fully saturated rings. The number of benzene rings is 2. The molecule has 0 heterocycles. The van der Waals surface area contributed by atoms with E-state index in [-0.39, 0.29) is 10.5 Å². The summed E-state index contributed by atoms with van der Waals surface area (Å²) >= 11 is 5.68. The summed E-state index contributed by atoms with van der Waals surface area (Å²) in [7, 11) is -4.35. The van der Waals surface area contributed by atoms with Crippen LogP contribution in [0.2, 0.25) is 5.02 Å². The van der Waals surface area contributed by atoms with Crippen molar-refractivity contribution in [3.8, 4) is 0 Å². The fourth-order valence-electron chi connectivity index (χ4n) is 1.65. The van der Waals surface area contributed by atoms with Crippen LogP contribution in [-0.2, 0) is 14.3 Å². The molecular weight excluding hydrogens is 334 g/mol. The van der Waals surface area contributed by atoms with Crippen LogP contribution in [0.1, 0.15) is 11.1 Å². The minimum atomic E-state index is -4.35. The van der Waals surface area contributed by atoms with Crippen molar-refractivity contribution in [1.29, 1.82) is 0 Å². The summed E-state index contributed by atoms with van der Waals surface area (Å²) in [6, 6.07) is 10.9. The normalized spacial score (nSPS) is 11.1. The van der Waals surface area contributed by atoms with E-state index in [0.717, 1.165) is 5.56 Å². The van der Waals surface area contributed by atoms with Crippen molar-refractivity contribution in [2.75, 3.05) is 0 Å². The minimum Gasteiger partial charge on any atom is -0.373 e. The lowest BCUT2D eigenvalue weighted by atomic mass is 10.2. The van der Waals surface area contributed by atoms with E-state index in [1.807, 2.05) is 0 Å². The highest BCUT2D eigenvalue weighted by atomic mass is 35.5. The first kappa shape index (κ1) is 16.5. The van der Waals surface area contributed by atoms with Gasteiger partial charge in [-0.25, -0.2) is 0 Å². The Kier molecular flexibility index (Phi) is 4.83. The van der Waals surface area contributed by atoms with Gasteiger partial charge < -0.3 is 4.18 Å². The van der Waals surface area contributed by atoms with Crippen LogP contribution < -0.4 is 0 Å². The van der Waals surface area contributed by atoms with Crippen LogP contribution in [0.5, 0.6) is 0 Å². The molecule has 2 aromatic rings. The minimum absolute atomic E-state index is 0.0833. The van der Waals surface area contributed by atoms with E-state index in [4.69, 9.17) is 11.6 Å². The van der Waals surface area contributed by atoms with Crippen molar-refractivity contribution in [3.05, 3.63) is 70.8 Å². The second kappa shape index (κ2) is 6.46. The molecule has 0 unspecified atom stereocenters. The monoisotopic (exact) mass is 344 g/mol. The summed E-state index contributed by atoms with van der Waals surface area (Å²) in [5.74, 6) is -1.02. The van der Waals surface area contributed by atoms with Gasteiger partial charge in [0, 0.05) is 10.6 Å². The van der Waals surface area contributed by atoms with Crippen molar-refractivity contribution in [1.82, 2.24) is 0 Å². The van der Waals surface area contributed by atoms with Gasteiger partial charge in [0.25, 0.3) is 0 Å². The molecule has 0 amide bonds. The van der Waals surface area contributed by atoms with Gasteiger partial charge in [0.2, 0.25) is 5.76 Å². The lowest BCUT2D eigenvalue weighted by Crippen LogP contribution is -2.06. The van der Waals surface area contributed by atoms with Crippen LogP contribution in [-0.4, -0.2) is 8.42 Å². The Bertz CT molecular complexity index is 794. The molecule has 0 aliphatic rings. The quantitative estimate of drug-likeness (QED) is 0.600. The largest absolute Gasteiger partial charge is 0.373 e. The standard InChI is InChI=1S/C15H11ClF2O3S/c1-10-2-8-13(9-3-10)22(19,20)21-14(15(17)18)11-4-6-12(16)7-5-11/h2-9H,1H3. The molecule has 0 aliphatic carbocycles. The fourth-order valence-corrected chi connectivity index (χ4v) is 2.72. The number of hydrogen-bond donors (Lipinski definition) is 0. The first-order valence-electron chi connectivity index (χ1n) is 6.12. The Hall–Kier alpha value is -1.92. The van der Waals surface area contributed by atoms with E-state index >= 15 is 0 Å². The number of halogens is 3. The number of hydrogen-bond acceptors (Lipinski definition) is 3. The summed E-state index contributed by atoms with van der Waals surface area (Å²) in [5, 5.41) is 0.337. The molecule has 22 heavy (non-hydrogen) atoms. The van der Waals surface area contributed by atoms with E-state index in [1.165, 1.54) is 36.4 Å². The SMILES string of the molecule is Cc1ccc(S(=O)(=O)OC(=C(F)F)c2ccc(Cl)cc2)cc1. The van der Waals surface area contributed by atoms with E-state index in [1.54, 1.807) is 19.1 Å². The molecule has 0 saturated carbocycles. The lowest BCUT2D eigenvalue weighted by molar-refractivity contribution is 0.381. The molecule has 2 aromatic carbocycles. The average Bonchev–Trinajstić information content (AvgIpc) is 2.46. The summed E-state index contributed by atoms with van der Waals surface area (Å²) in [6.45, 7) is 1.78. The molecule has 0 saturated heterocycles. The Balaban J connectivity index is 2.38. The second-order valence-corrected chi connectivity index (χ2v) is 6.43. The van der Waals surface area contributed by atoms with Gasteiger partial charge in [-0.05, 0) is 43.3 Å².